The lowest BCUT2D eigenvalue weighted by Crippen LogP contribution is -2.32. The summed E-state index contributed by atoms with van der Waals surface area (Å²) < 4.78 is 15.6. The average molecular weight is 346 g/mol. The Morgan fingerprint density at radius 1 is 1.04 bits per heavy atom. The van der Waals surface area contributed by atoms with E-state index in [9.17, 15) is 9.90 Å². The van der Waals surface area contributed by atoms with E-state index in [1.165, 1.54) is 21.3 Å². The summed E-state index contributed by atoms with van der Waals surface area (Å²) in [7, 11) is 4.58. The van der Waals surface area contributed by atoms with Crippen molar-refractivity contribution in [2.24, 2.45) is 0 Å². The van der Waals surface area contributed by atoms with Gasteiger partial charge in [0, 0.05) is 12.1 Å². The van der Waals surface area contributed by atoms with Gasteiger partial charge in [0.2, 0.25) is 0 Å². The van der Waals surface area contributed by atoms with Crippen LogP contribution < -0.4 is 24.8 Å². The van der Waals surface area contributed by atoms with Crippen LogP contribution in [0, 0.1) is 0 Å². The summed E-state index contributed by atoms with van der Waals surface area (Å²) in [6.07, 6.45) is -0.950. The van der Waals surface area contributed by atoms with E-state index in [0.717, 1.165) is 0 Å². The maximum absolute atomic E-state index is 12.0. The number of benzene rings is 2. The Balaban J connectivity index is 1.99. The number of methoxy groups -OCH3 is 3. The van der Waals surface area contributed by atoms with E-state index < -0.39 is 12.1 Å². The van der Waals surface area contributed by atoms with E-state index in [4.69, 9.17) is 14.2 Å². The molecule has 0 unspecified atom stereocenters. The Morgan fingerprint density at radius 3 is 2.44 bits per heavy atom. The van der Waals surface area contributed by atoms with Crippen LogP contribution in [0.2, 0.25) is 0 Å². The lowest BCUT2D eigenvalue weighted by Gasteiger charge is -2.17. The monoisotopic (exact) mass is 346 g/mol. The van der Waals surface area contributed by atoms with Gasteiger partial charge in [0.25, 0.3) is 0 Å². The first-order chi connectivity index (χ1) is 12.1. The van der Waals surface area contributed by atoms with Gasteiger partial charge in [-0.1, -0.05) is 12.1 Å². The van der Waals surface area contributed by atoms with Crippen LogP contribution in [0.15, 0.2) is 42.5 Å². The minimum Gasteiger partial charge on any atom is -0.497 e. The Hall–Kier alpha value is -2.93. The normalized spacial score (nSPS) is 11.4. The summed E-state index contributed by atoms with van der Waals surface area (Å²) in [6.45, 7) is 0.00447. The largest absolute Gasteiger partial charge is 0.497 e. The zero-order valence-electron chi connectivity index (χ0n) is 14.4. The van der Waals surface area contributed by atoms with Crippen LogP contribution in [0.25, 0.3) is 0 Å². The van der Waals surface area contributed by atoms with Gasteiger partial charge in [-0.15, -0.1) is 0 Å². The standard InChI is InChI=1S/C18H22N2O5/c1-23-12-8-9-16(24-2)13(10-12)15(21)11-19-18(22)20-14-6-4-5-7-17(14)25-3/h4-10,15,21H,11H2,1-3H3,(H2,19,20,22)/t15-/m1/s1. The number of ether oxygens (including phenoxy) is 3. The molecule has 0 radical (unpaired) electrons. The smallest absolute Gasteiger partial charge is 0.319 e. The van der Waals surface area contributed by atoms with Gasteiger partial charge in [0.1, 0.15) is 23.4 Å². The molecule has 2 aromatic carbocycles. The number of carbonyl (C=O) groups excluding carboxylic acids is 1. The summed E-state index contributed by atoms with van der Waals surface area (Å²) in [5, 5.41) is 15.7. The highest BCUT2D eigenvalue weighted by molar-refractivity contribution is 5.90. The van der Waals surface area contributed by atoms with Gasteiger partial charge in [0.05, 0.1) is 27.0 Å². The van der Waals surface area contributed by atoms with E-state index >= 15 is 0 Å². The zero-order chi connectivity index (χ0) is 18.2. The van der Waals surface area contributed by atoms with Gasteiger partial charge >= 0.3 is 6.03 Å². The quantitative estimate of drug-likeness (QED) is 0.717. The molecular weight excluding hydrogens is 324 g/mol. The number of carbonyl (C=O) groups is 1. The first-order valence-electron chi connectivity index (χ1n) is 7.67. The number of aliphatic hydroxyl groups is 1. The van der Waals surface area contributed by atoms with E-state index in [0.29, 0.717) is 28.5 Å². The molecule has 2 amide bonds. The van der Waals surface area contributed by atoms with Crippen LogP contribution in [0.5, 0.6) is 17.2 Å². The third-order valence-corrected chi connectivity index (χ3v) is 3.61. The van der Waals surface area contributed by atoms with Crippen LogP contribution in [-0.4, -0.2) is 39.0 Å². The highest BCUT2D eigenvalue weighted by atomic mass is 16.5. The SMILES string of the molecule is COc1ccc(OC)c([C@H](O)CNC(=O)Nc2ccccc2OC)c1. The van der Waals surface area contributed by atoms with Crippen molar-refractivity contribution in [1.82, 2.24) is 5.32 Å². The van der Waals surface area contributed by atoms with Crippen LogP contribution in [0.4, 0.5) is 10.5 Å². The molecule has 1 atom stereocenters. The number of rotatable bonds is 7. The first-order valence-corrected chi connectivity index (χ1v) is 7.67. The fourth-order valence-electron chi connectivity index (χ4n) is 2.31. The number of hydrogen-bond donors (Lipinski definition) is 3. The van der Waals surface area contributed by atoms with Crippen molar-refractivity contribution in [2.45, 2.75) is 6.10 Å². The van der Waals surface area contributed by atoms with E-state index in [2.05, 4.69) is 10.6 Å². The second-order valence-corrected chi connectivity index (χ2v) is 5.16. The number of hydrogen-bond acceptors (Lipinski definition) is 5. The molecule has 2 rings (SSSR count). The molecule has 25 heavy (non-hydrogen) atoms. The fourth-order valence-corrected chi connectivity index (χ4v) is 2.31. The minimum atomic E-state index is -0.950. The van der Waals surface area contributed by atoms with Crippen molar-refractivity contribution in [1.29, 1.82) is 0 Å². The van der Waals surface area contributed by atoms with Gasteiger partial charge in [0.15, 0.2) is 0 Å². The lowest BCUT2D eigenvalue weighted by molar-refractivity contribution is 0.170. The third kappa shape index (κ3) is 4.77. The molecule has 0 aromatic heterocycles. The second-order valence-electron chi connectivity index (χ2n) is 5.16. The van der Waals surface area contributed by atoms with Gasteiger partial charge in [-0.2, -0.15) is 0 Å². The number of amides is 2. The summed E-state index contributed by atoms with van der Waals surface area (Å²) >= 11 is 0. The van der Waals surface area contributed by atoms with Crippen molar-refractivity contribution < 1.29 is 24.1 Å². The van der Waals surface area contributed by atoms with Crippen molar-refractivity contribution in [3.63, 3.8) is 0 Å². The predicted octanol–water partition coefficient (Wildman–Crippen LogP) is 2.57. The highest BCUT2D eigenvalue weighted by Gasteiger charge is 2.16. The molecule has 0 fully saturated rings. The number of anilines is 1. The van der Waals surface area contributed by atoms with E-state index in [1.807, 2.05) is 0 Å². The summed E-state index contributed by atoms with van der Waals surface area (Å²) in [5.74, 6) is 1.65. The minimum absolute atomic E-state index is 0.00447. The van der Waals surface area contributed by atoms with Crippen LogP contribution in [0.3, 0.4) is 0 Å². The number of nitrogens with one attached hydrogen (secondary N) is 2. The Labute approximate surface area is 146 Å². The molecule has 0 saturated carbocycles. The van der Waals surface area contributed by atoms with Crippen molar-refractivity contribution in [3.8, 4) is 17.2 Å². The predicted molar refractivity (Wildman–Crippen MR) is 94.5 cm³/mol. The van der Waals surface area contributed by atoms with Crippen LogP contribution in [-0.2, 0) is 0 Å². The first kappa shape index (κ1) is 18.4. The maximum Gasteiger partial charge on any atom is 0.319 e. The Morgan fingerprint density at radius 2 is 1.76 bits per heavy atom. The van der Waals surface area contributed by atoms with Crippen molar-refractivity contribution >= 4 is 11.7 Å². The van der Waals surface area contributed by atoms with Gasteiger partial charge in [-0.05, 0) is 30.3 Å². The van der Waals surface area contributed by atoms with E-state index in [-0.39, 0.29) is 6.54 Å². The van der Waals surface area contributed by atoms with Crippen molar-refractivity contribution in [3.05, 3.63) is 48.0 Å². The molecule has 0 aliphatic heterocycles. The molecule has 134 valence electrons. The van der Waals surface area contributed by atoms with Gasteiger partial charge in [-0.25, -0.2) is 4.79 Å². The number of aliphatic hydroxyl groups excluding tert-OH is 1. The van der Waals surface area contributed by atoms with Gasteiger partial charge in [-0.3, -0.25) is 0 Å². The Bertz CT molecular complexity index is 720. The molecule has 0 aliphatic rings. The fraction of sp³-hybridized carbons (Fsp3) is 0.278. The molecule has 7 heteroatoms. The molecule has 0 aliphatic carbocycles. The van der Waals surface area contributed by atoms with Crippen LogP contribution in [0.1, 0.15) is 11.7 Å². The highest BCUT2D eigenvalue weighted by Crippen LogP contribution is 2.29. The number of para-hydroxylation sites is 2. The zero-order valence-corrected chi connectivity index (χ0v) is 14.4. The van der Waals surface area contributed by atoms with E-state index in [1.54, 1.807) is 42.5 Å². The van der Waals surface area contributed by atoms with Gasteiger partial charge < -0.3 is 30.0 Å². The molecule has 2 aromatic rings. The summed E-state index contributed by atoms with van der Waals surface area (Å²) in [6, 6.07) is 11.7. The van der Waals surface area contributed by atoms with Crippen LogP contribution >= 0.6 is 0 Å². The topological polar surface area (TPSA) is 89.0 Å². The maximum atomic E-state index is 12.0. The molecule has 0 saturated heterocycles. The second kappa shape index (κ2) is 8.79. The lowest BCUT2D eigenvalue weighted by atomic mass is 10.1. The van der Waals surface area contributed by atoms with Crippen molar-refractivity contribution in [2.75, 3.05) is 33.2 Å². The molecule has 3 N–H and O–H groups in total. The Kier molecular flexibility index (Phi) is 6.47. The number of urea groups is 1. The molecule has 0 heterocycles. The third-order valence-electron chi connectivity index (χ3n) is 3.61. The molecular formula is C18H22N2O5. The molecule has 0 bridgehead atoms. The summed E-state index contributed by atoms with van der Waals surface area (Å²) in [4.78, 5) is 12.0. The summed E-state index contributed by atoms with van der Waals surface area (Å²) in [5.41, 5.74) is 1.07. The average Bonchev–Trinajstić information content (AvgIpc) is 2.65. The molecule has 0 spiro atoms. The molecule has 7 nitrogen and oxygen atoms in total.